The molecular formula is C11H10ClN7S. The minimum Gasteiger partial charge on any atom is -0.256 e. The zero-order valence-electron chi connectivity index (χ0n) is 10.2. The first-order chi connectivity index (χ1) is 9.83. The van der Waals surface area contributed by atoms with E-state index in [9.17, 15) is 0 Å². The SMILES string of the molecule is ClC1CNNC1c1nn2c(-c3ccccn3)nnc2s1. The number of hydrogen-bond donors (Lipinski definition) is 2. The molecule has 0 saturated carbocycles. The number of hydrogen-bond acceptors (Lipinski definition) is 7. The van der Waals surface area contributed by atoms with Crippen molar-refractivity contribution in [3.05, 3.63) is 29.4 Å². The van der Waals surface area contributed by atoms with Crippen molar-refractivity contribution < 1.29 is 0 Å². The molecule has 0 bridgehead atoms. The summed E-state index contributed by atoms with van der Waals surface area (Å²) in [5.74, 6) is 0.639. The average molecular weight is 308 g/mol. The van der Waals surface area contributed by atoms with Crippen LogP contribution in [0, 0.1) is 0 Å². The number of pyridine rings is 1. The molecule has 7 nitrogen and oxygen atoms in total. The van der Waals surface area contributed by atoms with Crippen molar-refractivity contribution in [1.82, 2.24) is 35.6 Å². The number of rotatable bonds is 2. The van der Waals surface area contributed by atoms with Gasteiger partial charge in [0.25, 0.3) is 0 Å². The predicted octanol–water partition coefficient (Wildman–Crippen LogP) is 1.00. The first-order valence-electron chi connectivity index (χ1n) is 6.09. The van der Waals surface area contributed by atoms with Crippen molar-refractivity contribution in [2.24, 2.45) is 0 Å². The Kier molecular flexibility index (Phi) is 2.88. The summed E-state index contributed by atoms with van der Waals surface area (Å²) in [4.78, 5) is 5.01. The second-order valence-electron chi connectivity index (χ2n) is 4.39. The fraction of sp³-hybridized carbons (Fsp3) is 0.273. The topological polar surface area (TPSA) is 80.0 Å². The minimum atomic E-state index is -0.0304. The molecule has 2 N–H and O–H groups in total. The number of halogens is 1. The molecule has 1 aliphatic rings. The minimum absolute atomic E-state index is 0.0139. The van der Waals surface area contributed by atoms with Crippen molar-refractivity contribution in [3.63, 3.8) is 0 Å². The van der Waals surface area contributed by atoms with Crippen LogP contribution in [0.15, 0.2) is 24.4 Å². The van der Waals surface area contributed by atoms with Crippen molar-refractivity contribution >= 4 is 27.9 Å². The summed E-state index contributed by atoms with van der Waals surface area (Å²) in [5.41, 5.74) is 6.90. The van der Waals surface area contributed by atoms with E-state index < -0.39 is 0 Å². The van der Waals surface area contributed by atoms with Crippen LogP contribution >= 0.6 is 22.9 Å². The Balaban J connectivity index is 1.79. The molecule has 1 aliphatic heterocycles. The monoisotopic (exact) mass is 307 g/mol. The third-order valence-corrected chi connectivity index (χ3v) is 4.47. The van der Waals surface area contributed by atoms with Gasteiger partial charge in [-0.15, -0.1) is 21.8 Å². The van der Waals surface area contributed by atoms with Gasteiger partial charge in [-0.2, -0.15) is 9.61 Å². The molecule has 4 rings (SSSR count). The van der Waals surface area contributed by atoms with Gasteiger partial charge in [-0.05, 0) is 12.1 Å². The molecule has 20 heavy (non-hydrogen) atoms. The van der Waals surface area contributed by atoms with Gasteiger partial charge >= 0.3 is 0 Å². The van der Waals surface area contributed by atoms with Crippen molar-refractivity contribution in [2.45, 2.75) is 11.4 Å². The van der Waals surface area contributed by atoms with E-state index >= 15 is 0 Å². The number of hydrazine groups is 1. The molecule has 4 heterocycles. The smallest absolute Gasteiger partial charge is 0.235 e. The molecular weight excluding hydrogens is 298 g/mol. The molecule has 0 aromatic carbocycles. The van der Waals surface area contributed by atoms with E-state index in [0.29, 0.717) is 12.4 Å². The third kappa shape index (κ3) is 1.88. The summed E-state index contributed by atoms with van der Waals surface area (Å²) in [6.45, 7) is 0.708. The summed E-state index contributed by atoms with van der Waals surface area (Å²) in [7, 11) is 0. The van der Waals surface area contributed by atoms with Crippen molar-refractivity contribution in [3.8, 4) is 11.5 Å². The Morgan fingerprint density at radius 1 is 1.35 bits per heavy atom. The molecule has 3 aromatic rings. The highest BCUT2D eigenvalue weighted by Crippen LogP contribution is 2.28. The van der Waals surface area contributed by atoms with Crippen LogP contribution in [0.5, 0.6) is 0 Å². The molecule has 0 amide bonds. The van der Waals surface area contributed by atoms with Crippen molar-refractivity contribution in [1.29, 1.82) is 0 Å². The fourth-order valence-electron chi connectivity index (χ4n) is 2.10. The molecule has 2 atom stereocenters. The largest absolute Gasteiger partial charge is 0.256 e. The molecule has 9 heteroatoms. The van der Waals surface area contributed by atoms with Crippen LogP contribution in [0.25, 0.3) is 16.5 Å². The van der Waals surface area contributed by atoms with Crippen LogP contribution in [0.3, 0.4) is 0 Å². The van der Waals surface area contributed by atoms with Crippen LogP contribution < -0.4 is 10.9 Å². The van der Waals surface area contributed by atoms with Gasteiger partial charge in [0, 0.05) is 12.7 Å². The summed E-state index contributed by atoms with van der Waals surface area (Å²) in [5, 5.41) is 13.7. The van der Waals surface area contributed by atoms with Gasteiger partial charge in [-0.25, -0.2) is 5.43 Å². The second kappa shape index (κ2) is 4.74. The molecule has 1 fully saturated rings. The van der Waals surface area contributed by atoms with Gasteiger partial charge in [0.15, 0.2) is 0 Å². The average Bonchev–Trinajstić information content (AvgIpc) is 3.13. The summed E-state index contributed by atoms with van der Waals surface area (Å²) >= 11 is 7.73. The number of alkyl halides is 1. The van der Waals surface area contributed by atoms with Gasteiger partial charge in [0.1, 0.15) is 10.7 Å². The lowest BCUT2D eigenvalue weighted by atomic mass is 10.2. The van der Waals surface area contributed by atoms with Crippen LogP contribution in [-0.2, 0) is 0 Å². The molecule has 3 aromatic heterocycles. The standard InChI is InChI=1S/C11H10ClN7S/c12-6-5-14-15-8(6)10-18-19-9(16-17-11(19)20-10)7-3-1-2-4-13-7/h1-4,6,8,14-15H,5H2. The maximum atomic E-state index is 6.25. The van der Waals surface area contributed by atoms with Crippen LogP contribution in [-0.4, -0.2) is 36.7 Å². The third-order valence-electron chi connectivity index (χ3n) is 3.08. The Morgan fingerprint density at radius 3 is 3.05 bits per heavy atom. The lowest BCUT2D eigenvalue weighted by Crippen LogP contribution is -2.25. The van der Waals surface area contributed by atoms with Gasteiger partial charge in [-0.1, -0.05) is 17.4 Å². The number of aromatic nitrogens is 5. The highest BCUT2D eigenvalue weighted by atomic mass is 35.5. The lowest BCUT2D eigenvalue weighted by Gasteiger charge is -2.07. The Hall–Kier alpha value is -1.61. The number of nitrogens with one attached hydrogen (secondary N) is 2. The van der Waals surface area contributed by atoms with Gasteiger partial charge in [-0.3, -0.25) is 10.4 Å². The Labute approximate surface area is 123 Å². The van der Waals surface area contributed by atoms with Crippen LogP contribution in [0.1, 0.15) is 11.0 Å². The summed E-state index contributed by atoms with van der Waals surface area (Å²) < 4.78 is 1.71. The quantitative estimate of drug-likeness (QED) is 0.688. The molecule has 1 saturated heterocycles. The fourth-order valence-corrected chi connectivity index (χ4v) is 3.39. The maximum absolute atomic E-state index is 6.25. The van der Waals surface area contributed by atoms with E-state index in [0.717, 1.165) is 15.7 Å². The normalized spacial score (nSPS) is 22.6. The zero-order valence-corrected chi connectivity index (χ0v) is 11.8. The molecule has 0 spiro atoms. The molecule has 2 unspecified atom stereocenters. The Morgan fingerprint density at radius 2 is 2.30 bits per heavy atom. The van der Waals surface area contributed by atoms with Crippen molar-refractivity contribution in [2.75, 3.05) is 6.54 Å². The summed E-state index contributed by atoms with van der Waals surface area (Å²) in [6.07, 6.45) is 1.72. The van der Waals surface area contributed by atoms with E-state index in [2.05, 4.69) is 31.1 Å². The second-order valence-corrected chi connectivity index (χ2v) is 5.94. The molecule has 0 radical (unpaired) electrons. The molecule has 102 valence electrons. The van der Waals surface area contributed by atoms with E-state index in [-0.39, 0.29) is 11.4 Å². The van der Waals surface area contributed by atoms with E-state index in [1.165, 1.54) is 11.3 Å². The van der Waals surface area contributed by atoms with E-state index in [4.69, 9.17) is 11.6 Å². The number of fused-ring (bicyclic) bond motifs is 1. The first kappa shape index (κ1) is 12.2. The van der Waals surface area contributed by atoms with Crippen LogP contribution in [0.2, 0.25) is 0 Å². The molecule has 0 aliphatic carbocycles. The highest BCUT2D eigenvalue weighted by molar-refractivity contribution is 7.16. The highest BCUT2D eigenvalue weighted by Gasteiger charge is 2.30. The van der Waals surface area contributed by atoms with E-state index in [1.54, 1.807) is 10.7 Å². The summed E-state index contributed by atoms with van der Waals surface area (Å²) in [6, 6.07) is 5.64. The lowest BCUT2D eigenvalue weighted by molar-refractivity contribution is 0.573. The van der Waals surface area contributed by atoms with Gasteiger partial charge < -0.3 is 0 Å². The number of nitrogens with zero attached hydrogens (tertiary/aromatic N) is 5. The first-order valence-corrected chi connectivity index (χ1v) is 7.34. The van der Waals surface area contributed by atoms with Gasteiger partial charge in [0.2, 0.25) is 10.8 Å². The maximum Gasteiger partial charge on any atom is 0.235 e. The Bertz CT molecular complexity index is 740. The van der Waals surface area contributed by atoms with E-state index in [1.807, 2.05) is 18.2 Å². The predicted molar refractivity (Wildman–Crippen MR) is 75.4 cm³/mol. The zero-order chi connectivity index (χ0) is 13.5. The van der Waals surface area contributed by atoms with Gasteiger partial charge in [0.05, 0.1) is 11.4 Å². The van der Waals surface area contributed by atoms with Crippen LogP contribution in [0.4, 0.5) is 0 Å².